The zero-order chi connectivity index (χ0) is 11.3. The van der Waals surface area contributed by atoms with Crippen molar-refractivity contribution in [1.29, 1.82) is 0 Å². The van der Waals surface area contributed by atoms with Gasteiger partial charge in [0, 0.05) is 13.0 Å². The van der Waals surface area contributed by atoms with Gasteiger partial charge in [0.05, 0.1) is 13.2 Å². The Morgan fingerprint density at radius 2 is 2.33 bits per heavy atom. The summed E-state index contributed by atoms with van der Waals surface area (Å²) in [5.74, 6) is 0.333. The number of hydrogen-bond acceptors (Lipinski definition) is 4. The molecule has 0 aromatic rings. The number of esters is 1. The number of nitrogens with one attached hydrogen (secondary N) is 1. The quantitative estimate of drug-likeness (QED) is 0.694. The molecular weight excluding hydrogens is 194 g/mol. The summed E-state index contributed by atoms with van der Waals surface area (Å²) < 4.78 is 10.4. The molecule has 0 aliphatic carbocycles. The maximum atomic E-state index is 11.8. The Kier molecular flexibility index (Phi) is 4.54. The molecule has 4 heteroatoms. The highest BCUT2D eigenvalue weighted by Crippen LogP contribution is 2.20. The highest BCUT2D eigenvalue weighted by atomic mass is 16.5. The fourth-order valence-corrected chi connectivity index (χ4v) is 1.61. The van der Waals surface area contributed by atoms with Crippen LogP contribution in [0.3, 0.4) is 0 Å². The molecule has 0 aromatic carbocycles. The van der Waals surface area contributed by atoms with E-state index < -0.39 is 5.54 Å². The van der Waals surface area contributed by atoms with Crippen LogP contribution in [0, 0.1) is 5.92 Å². The lowest BCUT2D eigenvalue weighted by Gasteiger charge is -2.27. The Morgan fingerprint density at radius 3 is 2.80 bits per heavy atom. The molecule has 0 radical (unpaired) electrons. The fourth-order valence-electron chi connectivity index (χ4n) is 1.61. The van der Waals surface area contributed by atoms with Crippen molar-refractivity contribution in [3.8, 4) is 0 Å². The summed E-state index contributed by atoms with van der Waals surface area (Å²) in [6.07, 6.45) is 0.707. The van der Waals surface area contributed by atoms with E-state index in [0.29, 0.717) is 32.2 Å². The van der Waals surface area contributed by atoms with Crippen molar-refractivity contribution in [3.05, 3.63) is 0 Å². The van der Waals surface area contributed by atoms with Crippen molar-refractivity contribution in [1.82, 2.24) is 5.32 Å². The third-order valence-corrected chi connectivity index (χ3v) is 2.54. The van der Waals surface area contributed by atoms with Gasteiger partial charge in [-0.2, -0.15) is 0 Å². The molecule has 1 aliphatic rings. The number of carbonyl (C=O) groups excluding carboxylic acids is 1. The number of hydrogen-bond donors (Lipinski definition) is 1. The summed E-state index contributed by atoms with van der Waals surface area (Å²) in [6.45, 7) is 8.34. The van der Waals surface area contributed by atoms with Gasteiger partial charge in [0.2, 0.25) is 0 Å². The van der Waals surface area contributed by atoms with E-state index in [-0.39, 0.29) is 5.97 Å². The molecule has 0 aromatic heterocycles. The van der Waals surface area contributed by atoms with Crippen molar-refractivity contribution < 1.29 is 14.3 Å². The molecule has 1 heterocycles. The molecule has 1 fully saturated rings. The molecule has 1 atom stereocenters. The van der Waals surface area contributed by atoms with Crippen LogP contribution in [0.2, 0.25) is 0 Å². The second-order valence-electron chi connectivity index (χ2n) is 4.38. The number of carbonyl (C=O) groups is 1. The summed E-state index contributed by atoms with van der Waals surface area (Å²) in [7, 11) is 0. The Morgan fingerprint density at radius 1 is 1.60 bits per heavy atom. The Bertz CT molecular complexity index is 210. The van der Waals surface area contributed by atoms with E-state index in [9.17, 15) is 4.79 Å². The van der Waals surface area contributed by atoms with Gasteiger partial charge >= 0.3 is 5.97 Å². The molecule has 1 unspecified atom stereocenters. The predicted molar refractivity (Wildman–Crippen MR) is 57.6 cm³/mol. The second kappa shape index (κ2) is 5.47. The molecule has 4 nitrogen and oxygen atoms in total. The maximum Gasteiger partial charge on any atom is 0.328 e. The second-order valence-corrected chi connectivity index (χ2v) is 4.38. The van der Waals surface area contributed by atoms with E-state index >= 15 is 0 Å². The van der Waals surface area contributed by atoms with Crippen molar-refractivity contribution in [2.24, 2.45) is 5.92 Å². The van der Waals surface area contributed by atoms with Crippen molar-refractivity contribution in [2.75, 3.05) is 26.4 Å². The summed E-state index contributed by atoms with van der Waals surface area (Å²) in [5.41, 5.74) is -0.597. The summed E-state index contributed by atoms with van der Waals surface area (Å²) in [4.78, 5) is 11.8. The van der Waals surface area contributed by atoms with Crippen LogP contribution in [0.15, 0.2) is 0 Å². The van der Waals surface area contributed by atoms with Gasteiger partial charge in [0.25, 0.3) is 0 Å². The molecule has 88 valence electrons. The molecule has 0 amide bonds. The summed E-state index contributed by atoms with van der Waals surface area (Å²) >= 11 is 0. The van der Waals surface area contributed by atoms with E-state index in [4.69, 9.17) is 9.47 Å². The number of rotatable bonds is 5. The highest BCUT2D eigenvalue weighted by molar-refractivity contribution is 5.81. The SMILES string of the molecule is CCOC(=O)C1(NCC(C)C)CCOC1. The Balaban J connectivity index is 2.57. The van der Waals surface area contributed by atoms with Gasteiger partial charge in [-0.15, -0.1) is 0 Å². The molecule has 1 saturated heterocycles. The Hall–Kier alpha value is -0.610. The molecule has 0 saturated carbocycles. The first-order chi connectivity index (χ1) is 7.10. The smallest absolute Gasteiger partial charge is 0.328 e. The highest BCUT2D eigenvalue weighted by Gasteiger charge is 2.43. The standard InChI is InChI=1S/C11H21NO3/c1-4-15-10(13)11(5-6-14-8-11)12-7-9(2)3/h9,12H,4-8H2,1-3H3. The lowest BCUT2D eigenvalue weighted by molar-refractivity contribution is -0.151. The minimum atomic E-state index is -0.597. The van der Waals surface area contributed by atoms with Crippen LogP contribution in [0.25, 0.3) is 0 Å². The van der Waals surface area contributed by atoms with Gasteiger partial charge in [-0.3, -0.25) is 5.32 Å². The Labute approximate surface area is 91.3 Å². The van der Waals surface area contributed by atoms with Crippen LogP contribution in [0.4, 0.5) is 0 Å². The van der Waals surface area contributed by atoms with E-state index in [1.807, 2.05) is 6.92 Å². The van der Waals surface area contributed by atoms with E-state index in [0.717, 1.165) is 6.54 Å². The lowest BCUT2D eigenvalue weighted by Crippen LogP contribution is -2.54. The van der Waals surface area contributed by atoms with E-state index in [1.165, 1.54) is 0 Å². The van der Waals surface area contributed by atoms with Gasteiger partial charge in [-0.05, 0) is 19.4 Å². The average Bonchev–Trinajstić information content (AvgIpc) is 2.65. The van der Waals surface area contributed by atoms with Crippen molar-refractivity contribution >= 4 is 5.97 Å². The van der Waals surface area contributed by atoms with Gasteiger partial charge in [0.15, 0.2) is 0 Å². The molecule has 1 N–H and O–H groups in total. The van der Waals surface area contributed by atoms with Crippen LogP contribution in [-0.4, -0.2) is 37.9 Å². The molecule has 0 bridgehead atoms. The molecule has 1 aliphatic heterocycles. The third-order valence-electron chi connectivity index (χ3n) is 2.54. The largest absolute Gasteiger partial charge is 0.465 e. The summed E-state index contributed by atoms with van der Waals surface area (Å²) in [6, 6.07) is 0. The minimum absolute atomic E-state index is 0.178. The maximum absolute atomic E-state index is 11.8. The third kappa shape index (κ3) is 3.18. The predicted octanol–water partition coefficient (Wildman–Crippen LogP) is 0.954. The fraction of sp³-hybridized carbons (Fsp3) is 0.909. The first-order valence-corrected chi connectivity index (χ1v) is 5.60. The van der Waals surface area contributed by atoms with Gasteiger partial charge in [0.1, 0.15) is 5.54 Å². The van der Waals surface area contributed by atoms with Gasteiger partial charge < -0.3 is 9.47 Å². The van der Waals surface area contributed by atoms with Crippen LogP contribution in [-0.2, 0) is 14.3 Å². The zero-order valence-corrected chi connectivity index (χ0v) is 9.84. The molecular formula is C11H21NO3. The van der Waals surface area contributed by atoms with Crippen LogP contribution in [0.1, 0.15) is 27.2 Å². The van der Waals surface area contributed by atoms with E-state index in [1.54, 1.807) is 0 Å². The average molecular weight is 215 g/mol. The van der Waals surface area contributed by atoms with Crippen LogP contribution >= 0.6 is 0 Å². The molecule has 15 heavy (non-hydrogen) atoms. The lowest BCUT2D eigenvalue weighted by atomic mass is 9.98. The topological polar surface area (TPSA) is 47.6 Å². The monoisotopic (exact) mass is 215 g/mol. The minimum Gasteiger partial charge on any atom is -0.465 e. The van der Waals surface area contributed by atoms with Crippen LogP contribution < -0.4 is 5.32 Å². The molecule has 0 spiro atoms. The normalized spacial score (nSPS) is 25.9. The van der Waals surface area contributed by atoms with Gasteiger partial charge in [-0.25, -0.2) is 4.79 Å². The van der Waals surface area contributed by atoms with Crippen molar-refractivity contribution in [3.63, 3.8) is 0 Å². The first-order valence-electron chi connectivity index (χ1n) is 5.60. The first kappa shape index (κ1) is 12.5. The van der Waals surface area contributed by atoms with Crippen molar-refractivity contribution in [2.45, 2.75) is 32.7 Å². The van der Waals surface area contributed by atoms with Gasteiger partial charge in [-0.1, -0.05) is 13.8 Å². The number of ether oxygens (including phenoxy) is 2. The van der Waals surface area contributed by atoms with Crippen LogP contribution in [0.5, 0.6) is 0 Å². The molecule has 1 rings (SSSR count). The zero-order valence-electron chi connectivity index (χ0n) is 9.84. The van der Waals surface area contributed by atoms with E-state index in [2.05, 4.69) is 19.2 Å². The summed E-state index contributed by atoms with van der Waals surface area (Å²) in [5, 5.41) is 3.28.